The summed E-state index contributed by atoms with van der Waals surface area (Å²) in [5.74, 6) is 1.37. The van der Waals surface area contributed by atoms with E-state index in [-0.39, 0.29) is 17.4 Å². The van der Waals surface area contributed by atoms with Crippen molar-refractivity contribution in [1.82, 2.24) is 29.4 Å². The van der Waals surface area contributed by atoms with Gasteiger partial charge in [0.15, 0.2) is 11.5 Å². The van der Waals surface area contributed by atoms with Crippen LogP contribution in [0.4, 0.5) is 11.8 Å². The molecule has 3 aromatic rings. The first-order valence-corrected chi connectivity index (χ1v) is 11.6. The summed E-state index contributed by atoms with van der Waals surface area (Å²) >= 11 is 0. The van der Waals surface area contributed by atoms with Crippen molar-refractivity contribution < 1.29 is 4.79 Å². The second kappa shape index (κ2) is 9.13. The minimum atomic E-state index is -0.118. The minimum Gasteiger partial charge on any atom is -0.352 e. The first-order chi connectivity index (χ1) is 16.2. The van der Waals surface area contributed by atoms with Gasteiger partial charge in [0.25, 0.3) is 5.56 Å². The molecular formula is C23H28N8O2. The van der Waals surface area contributed by atoms with Crippen LogP contribution in [0, 0.1) is 5.92 Å². The van der Waals surface area contributed by atoms with E-state index < -0.39 is 0 Å². The molecule has 33 heavy (non-hydrogen) atoms. The monoisotopic (exact) mass is 448 g/mol. The summed E-state index contributed by atoms with van der Waals surface area (Å²) in [7, 11) is 0. The standard InChI is InChI=1S/C23H28N8O2/c1-2-31-19-18(5-3-8-24-19)27-20(22(31)33)28-11-6-17(7-12-28)21(32)29-13-15-30(16-14-29)23-25-9-4-10-26-23/h3-5,8-10,17H,2,6-7,11-16H2,1H3. The molecule has 10 heteroatoms. The summed E-state index contributed by atoms with van der Waals surface area (Å²) in [5, 5.41) is 0. The molecule has 2 fully saturated rings. The Bertz CT molecular complexity index is 1180. The fraction of sp³-hybridized carbons (Fsp3) is 0.478. The van der Waals surface area contributed by atoms with Gasteiger partial charge in [0.2, 0.25) is 11.9 Å². The number of aryl methyl sites for hydroxylation is 1. The largest absolute Gasteiger partial charge is 0.352 e. The van der Waals surface area contributed by atoms with Gasteiger partial charge >= 0.3 is 0 Å². The molecule has 0 radical (unpaired) electrons. The molecule has 0 saturated carbocycles. The Morgan fingerprint density at radius 3 is 2.33 bits per heavy atom. The first-order valence-electron chi connectivity index (χ1n) is 11.6. The summed E-state index contributed by atoms with van der Waals surface area (Å²) in [4.78, 5) is 49.9. The van der Waals surface area contributed by atoms with Crippen molar-refractivity contribution in [1.29, 1.82) is 0 Å². The van der Waals surface area contributed by atoms with Gasteiger partial charge in [-0.05, 0) is 38.0 Å². The maximum absolute atomic E-state index is 13.1. The molecule has 0 N–H and O–H groups in total. The first kappa shape index (κ1) is 21.3. The van der Waals surface area contributed by atoms with E-state index >= 15 is 0 Å². The van der Waals surface area contributed by atoms with Crippen LogP contribution in [-0.4, -0.2) is 74.6 Å². The number of amides is 1. The van der Waals surface area contributed by atoms with E-state index in [9.17, 15) is 9.59 Å². The molecule has 2 saturated heterocycles. The zero-order chi connectivity index (χ0) is 22.8. The number of rotatable bonds is 4. The van der Waals surface area contributed by atoms with Crippen LogP contribution >= 0.6 is 0 Å². The highest BCUT2D eigenvalue weighted by atomic mass is 16.2. The smallest absolute Gasteiger partial charge is 0.295 e. The Kier molecular flexibility index (Phi) is 5.89. The zero-order valence-corrected chi connectivity index (χ0v) is 18.8. The Labute approximate surface area is 191 Å². The van der Waals surface area contributed by atoms with Crippen LogP contribution in [0.5, 0.6) is 0 Å². The Morgan fingerprint density at radius 2 is 1.64 bits per heavy atom. The fourth-order valence-electron chi connectivity index (χ4n) is 4.74. The normalized spacial score (nSPS) is 17.5. The van der Waals surface area contributed by atoms with Gasteiger partial charge in [0.1, 0.15) is 5.52 Å². The summed E-state index contributed by atoms with van der Waals surface area (Å²) < 4.78 is 1.67. The maximum Gasteiger partial charge on any atom is 0.295 e. The van der Waals surface area contributed by atoms with Crippen molar-refractivity contribution in [3.05, 3.63) is 47.1 Å². The van der Waals surface area contributed by atoms with Crippen LogP contribution in [-0.2, 0) is 11.3 Å². The van der Waals surface area contributed by atoms with Gasteiger partial charge < -0.3 is 14.7 Å². The average Bonchev–Trinajstić information content (AvgIpc) is 2.89. The minimum absolute atomic E-state index is 0.0173. The molecule has 172 valence electrons. The average molecular weight is 449 g/mol. The number of hydrogen-bond acceptors (Lipinski definition) is 8. The number of carbonyl (C=O) groups excluding carboxylic acids is 1. The van der Waals surface area contributed by atoms with Crippen LogP contribution in [0.3, 0.4) is 0 Å². The Hall–Kier alpha value is -3.56. The van der Waals surface area contributed by atoms with E-state index in [0.717, 1.165) is 25.9 Å². The highest BCUT2D eigenvalue weighted by Crippen LogP contribution is 2.24. The number of piperidine rings is 1. The highest BCUT2D eigenvalue weighted by Gasteiger charge is 2.32. The molecule has 5 rings (SSSR count). The lowest BCUT2D eigenvalue weighted by Gasteiger charge is -2.38. The van der Waals surface area contributed by atoms with Crippen molar-refractivity contribution >= 4 is 28.8 Å². The van der Waals surface area contributed by atoms with Gasteiger partial charge in [-0.1, -0.05) is 0 Å². The molecule has 5 heterocycles. The predicted octanol–water partition coefficient (Wildman–Crippen LogP) is 1.17. The van der Waals surface area contributed by atoms with Crippen LogP contribution in [0.15, 0.2) is 41.6 Å². The van der Waals surface area contributed by atoms with Crippen molar-refractivity contribution in [2.45, 2.75) is 26.3 Å². The van der Waals surface area contributed by atoms with Gasteiger partial charge in [-0.2, -0.15) is 0 Å². The number of pyridine rings is 1. The fourth-order valence-corrected chi connectivity index (χ4v) is 4.74. The number of aromatic nitrogens is 5. The van der Waals surface area contributed by atoms with Gasteiger partial charge in [-0.25, -0.2) is 19.9 Å². The lowest BCUT2D eigenvalue weighted by atomic mass is 9.95. The lowest BCUT2D eigenvalue weighted by molar-refractivity contribution is -0.136. The molecular weight excluding hydrogens is 420 g/mol. The van der Waals surface area contributed by atoms with E-state index in [1.165, 1.54) is 0 Å². The van der Waals surface area contributed by atoms with Crippen LogP contribution in [0.1, 0.15) is 19.8 Å². The van der Waals surface area contributed by atoms with E-state index in [0.29, 0.717) is 55.7 Å². The van der Waals surface area contributed by atoms with Gasteiger partial charge in [-0.3, -0.25) is 14.2 Å². The number of piperazine rings is 1. The Balaban J connectivity index is 1.22. The third kappa shape index (κ3) is 4.12. The summed E-state index contributed by atoms with van der Waals surface area (Å²) in [6.07, 6.45) is 6.60. The molecule has 10 nitrogen and oxygen atoms in total. The van der Waals surface area contributed by atoms with Gasteiger partial charge in [-0.15, -0.1) is 0 Å². The number of nitrogens with zero attached hydrogens (tertiary/aromatic N) is 8. The van der Waals surface area contributed by atoms with Crippen molar-refractivity contribution in [2.24, 2.45) is 5.92 Å². The van der Waals surface area contributed by atoms with Crippen LogP contribution in [0.2, 0.25) is 0 Å². The van der Waals surface area contributed by atoms with E-state index in [1.54, 1.807) is 29.2 Å². The third-order valence-electron chi connectivity index (χ3n) is 6.57. The molecule has 0 spiro atoms. The van der Waals surface area contributed by atoms with E-state index in [4.69, 9.17) is 0 Å². The second-order valence-electron chi connectivity index (χ2n) is 8.45. The molecule has 0 bridgehead atoms. The highest BCUT2D eigenvalue weighted by molar-refractivity contribution is 5.79. The predicted molar refractivity (Wildman–Crippen MR) is 125 cm³/mol. The van der Waals surface area contributed by atoms with Gasteiger partial charge in [0.05, 0.1) is 0 Å². The summed E-state index contributed by atoms with van der Waals surface area (Å²) in [6.45, 7) is 6.60. The van der Waals surface area contributed by atoms with Crippen molar-refractivity contribution in [3.63, 3.8) is 0 Å². The molecule has 0 aromatic carbocycles. The summed E-state index contributed by atoms with van der Waals surface area (Å²) in [5.41, 5.74) is 1.21. The second-order valence-corrected chi connectivity index (χ2v) is 8.45. The molecule has 0 unspecified atom stereocenters. The quantitative estimate of drug-likeness (QED) is 0.586. The van der Waals surface area contributed by atoms with Crippen molar-refractivity contribution in [3.8, 4) is 0 Å². The number of fused-ring (bicyclic) bond motifs is 1. The van der Waals surface area contributed by atoms with E-state index in [1.807, 2.05) is 28.9 Å². The molecule has 0 atom stereocenters. The lowest BCUT2D eigenvalue weighted by Crippen LogP contribution is -2.52. The number of carbonyl (C=O) groups is 1. The SMILES string of the molecule is CCn1c(=O)c(N2CCC(C(=O)N3CCN(c4ncccn4)CC3)CC2)nc2cccnc21. The summed E-state index contributed by atoms with van der Waals surface area (Å²) in [6, 6.07) is 5.52. The Morgan fingerprint density at radius 1 is 0.939 bits per heavy atom. The third-order valence-corrected chi connectivity index (χ3v) is 6.57. The zero-order valence-electron chi connectivity index (χ0n) is 18.8. The van der Waals surface area contributed by atoms with Crippen LogP contribution in [0.25, 0.3) is 11.2 Å². The molecule has 0 aliphatic carbocycles. The molecule has 1 amide bonds. The topological polar surface area (TPSA) is 100 Å². The molecule has 3 aromatic heterocycles. The van der Waals surface area contributed by atoms with Crippen LogP contribution < -0.4 is 15.4 Å². The number of hydrogen-bond donors (Lipinski definition) is 0. The molecule has 2 aliphatic rings. The molecule has 2 aliphatic heterocycles. The number of anilines is 2. The van der Waals surface area contributed by atoms with E-state index in [2.05, 4.69) is 24.8 Å². The maximum atomic E-state index is 13.1. The van der Waals surface area contributed by atoms with Crippen molar-refractivity contribution in [2.75, 3.05) is 49.1 Å². The van der Waals surface area contributed by atoms with Gasteiger partial charge in [0, 0.05) is 70.3 Å².